The molecule has 0 saturated carbocycles. The number of carbonyl (C=O) groups excluding carboxylic acids is 2. The molecular formula is C31H47N3O4. The van der Waals surface area contributed by atoms with Crippen LogP contribution in [-0.2, 0) is 14.4 Å². The van der Waals surface area contributed by atoms with Crippen molar-refractivity contribution in [2.75, 3.05) is 33.2 Å². The van der Waals surface area contributed by atoms with Gasteiger partial charge in [-0.1, -0.05) is 79.8 Å². The number of aliphatic carboxylic acids is 1. The van der Waals surface area contributed by atoms with E-state index in [0.29, 0.717) is 39.0 Å². The van der Waals surface area contributed by atoms with Crippen molar-refractivity contribution in [2.24, 2.45) is 0 Å². The second kappa shape index (κ2) is 26.6. The van der Waals surface area contributed by atoms with E-state index in [1.807, 2.05) is 18.0 Å². The van der Waals surface area contributed by atoms with Crippen molar-refractivity contribution in [3.63, 3.8) is 0 Å². The summed E-state index contributed by atoms with van der Waals surface area (Å²) in [6, 6.07) is 0. The van der Waals surface area contributed by atoms with Gasteiger partial charge >= 0.3 is 5.97 Å². The highest BCUT2D eigenvalue weighted by atomic mass is 16.4. The molecule has 0 aliphatic heterocycles. The van der Waals surface area contributed by atoms with Gasteiger partial charge in [0.2, 0.25) is 11.8 Å². The highest BCUT2D eigenvalue weighted by molar-refractivity contribution is 5.93. The third-order valence-corrected chi connectivity index (χ3v) is 5.12. The maximum atomic E-state index is 11.9. The molecule has 0 heterocycles. The summed E-state index contributed by atoms with van der Waals surface area (Å²) in [5.74, 6) is -1.58. The van der Waals surface area contributed by atoms with Crippen LogP contribution in [0.15, 0.2) is 85.1 Å². The Balaban J connectivity index is 3.68. The van der Waals surface area contributed by atoms with E-state index in [9.17, 15) is 14.4 Å². The first-order valence-corrected chi connectivity index (χ1v) is 13.5. The number of allylic oxidation sites excluding steroid dienone is 12. The van der Waals surface area contributed by atoms with Crippen LogP contribution in [-0.4, -0.2) is 61.0 Å². The molecule has 0 saturated heterocycles. The first kappa shape index (κ1) is 34.6. The van der Waals surface area contributed by atoms with Gasteiger partial charge in [-0.2, -0.15) is 0 Å². The quantitative estimate of drug-likeness (QED) is 0.132. The molecule has 0 aromatic rings. The smallest absolute Gasteiger partial charge is 0.328 e. The highest BCUT2D eigenvalue weighted by Crippen LogP contribution is 1.98. The largest absolute Gasteiger partial charge is 0.478 e. The van der Waals surface area contributed by atoms with Crippen molar-refractivity contribution in [3.05, 3.63) is 85.1 Å². The van der Waals surface area contributed by atoms with E-state index < -0.39 is 11.9 Å². The molecule has 0 bridgehead atoms. The number of amides is 2. The minimum absolute atomic E-state index is 0.0186. The van der Waals surface area contributed by atoms with Gasteiger partial charge in [-0.05, 0) is 52.0 Å². The van der Waals surface area contributed by atoms with Crippen LogP contribution in [0.25, 0.3) is 0 Å². The van der Waals surface area contributed by atoms with Crippen LogP contribution in [0.1, 0.15) is 58.3 Å². The van der Waals surface area contributed by atoms with Gasteiger partial charge in [0.25, 0.3) is 0 Å². The van der Waals surface area contributed by atoms with Gasteiger partial charge in [-0.15, -0.1) is 0 Å². The Kier molecular flexibility index (Phi) is 24.2. The van der Waals surface area contributed by atoms with Crippen LogP contribution >= 0.6 is 0 Å². The molecule has 7 heteroatoms. The van der Waals surface area contributed by atoms with Crippen molar-refractivity contribution in [1.29, 1.82) is 0 Å². The standard InChI is InChI=1S/C31H47N3O4/c1-3-4-5-6-7-8-9-10-11-12-13-14-15-16-17-18-19-20-21-22-29(35)32-25-27-34(2)28-26-33-30(36)23-24-31(37)38/h4-5,7-8,10-11,13-14,16-17,19-20,23-24H,3,6,9,12,15,18,21-22,25-28H2,1-2H3,(H,32,35)(H,33,36)(H,37,38)/b5-4-,8-7-,11-10-,14-13-,17-16-,20-19-,24-23+. The van der Waals surface area contributed by atoms with E-state index in [0.717, 1.165) is 50.7 Å². The molecule has 210 valence electrons. The molecule has 0 aliphatic rings. The first-order chi connectivity index (χ1) is 18.5. The van der Waals surface area contributed by atoms with Crippen molar-refractivity contribution in [3.8, 4) is 0 Å². The molecule has 0 spiro atoms. The lowest BCUT2D eigenvalue weighted by Gasteiger charge is -2.16. The summed E-state index contributed by atoms with van der Waals surface area (Å²) in [7, 11) is 1.89. The number of hydrogen-bond donors (Lipinski definition) is 3. The Labute approximate surface area is 229 Å². The van der Waals surface area contributed by atoms with E-state index in [1.165, 1.54) is 0 Å². The molecule has 0 rings (SSSR count). The summed E-state index contributed by atoms with van der Waals surface area (Å²) in [4.78, 5) is 35.7. The average molecular weight is 526 g/mol. The lowest BCUT2D eigenvalue weighted by Crippen LogP contribution is -2.37. The Hall–Kier alpha value is -3.45. The van der Waals surface area contributed by atoms with Gasteiger partial charge < -0.3 is 20.6 Å². The normalized spacial score (nSPS) is 12.6. The molecule has 0 radical (unpaired) electrons. The first-order valence-electron chi connectivity index (χ1n) is 13.5. The SMILES string of the molecule is CC/C=C\C/C=C\C/C=C\C/C=C\C/C=C\C/C=C\CCC(=O)NCCN(C)CCNC(=O)/C=C/C(=O)O. The maximum Gasteiger partial charge on any atom is 0.328 e. The van der Waals surface area contributed by atoms with E-state index in [-0.39, 0.29) is 5.91 Å². The number of hydrogen-bond acceptors (Lipinski definition) is 4. The third kappa shape index (κ3) is 27.1. The lowest BCUT2D eigenvalue weighted by atomic mass is 10.2. The summed E-state index contributed by atoms with van der Waals surface area (Å²) in [6.45, 7) is 4.33. The Morgan fingerprint density at radius 1 is 0.658 bits per heavy atom. The lowest BCUT2D eigenvalue weighted by molar-refractivity contribution is -0.131. The van der Waals surface area contributed by atoms with Crippen LogP contribution in [0.5, 0.6) is 0 Å². The van der Waals surface area contributed by atoms with E-state index in [4.69, 9.17) is 5.11 Å². The van der Waals surface area contributed by atoms with Crippen molar-refractivity contribution >= 4 is 17.8 Å². The van der Waals surface area contributed by atoms with Crippen LogP contribution < -0.4 is 10.6 Å². The summed E-state index contributed by atoms with van der Waals surface area (Å²) in [5, 5.41) is 14.0. The molecule has 0 aromatic carbocycles. The fourth-order valence-corrected chi connectivity index (χ4v) is 3.02. The van der Waals surface area contributed by atoms with Crippen molar-refractivity contribution < 1.29 is 19.5 Å². The molecule has 7 nitrogen and oxygen atoms in total. The van der Waals surface area contributed by atoms with Gasteiger partial charge in [0.1, 0.15) is 0 Å². The van der Waals surface area contributed by atoms with Gasteiger partial charge in [0.05, 0.1) is 0 Å². The van der Waals surface area contributed by atoms with Crippen molar-refractivity contribution in [1.82, 2.24) is 15.5 Å². The Bertz CT molecular complexity index is 851. The fourth-order valence-electron chi connectivity index (χ4n) is 3.02. The van der Waals surface area contributed by atoms with Gasteiger partial charge in [0, 0.05) is 44.8 Å². The maximum absolute atomic E-state index is 11.9. The minimum atomic E-state index is -1.16. The number of nitrogens with zero attached hydrogens (tertiary/aromatic N) is 1. The molecule has 38 heavy (non-hydrogen) atoms. The number of likely N-dealkylation sites (N-methyl/N-ethyl adjacent to an activating group) is 1. The minimum Gasteiger partial charge on any atom is -0.478 e. The second-order valence-electron chi connectivity index (χ2n) is 8.57. The zero-order valence-corrected chi connectivity index (χ0v) is 23.2. The van der Waals surface area contributed by atoms with Crippen LogP contribution in [0.3, 0.4) is 0 Å². The third-order valence-electron chi connectivity index (χ3n) is 5.12. The predicted octanol–water partition coefficient (Wildman–Crippen LogP) is 5.27. The van der Waals surface area contributed by atoms with E-state index in [2.05, 4.69) is 84.4 Å². The van der Waals surface area contributed by atoms with Crippen LogP contribution in [0.2, 0.25) is 0 Å². The molecule has 0 fully saturated rings. The van der Waals surface area contributed by atoms with Gasteiger partial charge in [-0.3, -0.25) is 9.59 Å². The summed E-state index contributed by atoms with van der Waals surface area (Å²) in [5.41, 5.74) is 0. The number of nitrogens with one attached hydrogen (secondary N) is 2. The highest BCUT2D eigenvalue weighted by Gasteiger charge is 2.02. The fraction of sp³-hybridized carbons (Fsp3) is 0.452. The van der Waals surface area contributed by atoms with Crippen LogP contribution in [0.4, 0.5) is 0 Å². The zero-order valence-electron chi connectivity index (χ0n) is 23.2. The Morgan fingerprint density at radius 2 is 1.11 bits per heavy atom. The topological polar surface area (TPSA) is 98.7 Å². The van der Waals surface area contributed by atoms with Gasteiger partial charge in [-0.25, -0.2) is 4.79 Å². The monoisotopic (exact) mass is 525 g/mol. The molecule has 0 unspecified atom stereocenters. The molecule has 0 aliphatic carbocycles. The van der Waals surface area contributed by atoms with E-state index in [1.54, 1.807) is 0 Å². The number of carbonyl (C=O) groups is 3. The molecular weight excluding hydrogens is 478 g/mol. The average Bonchev–Trinajstić information content (AvgIpc) is 2.88. The second-order valence-corrected chi connectivity index (χ2v) is 8.57. The number of rotatable bonds is 22. The molecule has 3 N–H and O–H groups in total. The zero-order chi connectivity index (χ0) is 28.1. The van der Waals surface area contributed by atoms with Crippen LogP contribution in [0, 0.1) is 0 Å². The summed E-state index contributed by atoms with van der Waals surface area (Å²) < 4.78 is 0. The molecule has 0 aromatic heterocycles. The number of carboxylic acid groups (broad SMARTS) is 1. The van der Waals surface area contributed by atoms with Crippen molar-refractivity contribution in [2.45, 2.75) is 58.3 Å². The summed E-state index contributed by atoms with van der Waals surface area (Å²) >= 11 is 0. The molecule has 2 amide bonds. The van der Waals surface area contributed by atoms with E-state index >= 15 is 0 Å². The molecule has 0 atom stereocenters. The number of carboxylic acids is 1. The van der Waals surface area contributed by atoms with Gasteiger partial charge in [0.15, 0.2) is 0 Å². The predicted molar refractivity (Wildman–Crippen MR) is 158 cm³/mol. The Morgan fingerprint density at radius 3 is 1.58 bits per heavy atom. The summed E-state index contributed by atoms with van der Waals surface area (Å²) in [6.07, 6.45) is 34.7.